The minimum absolute atomic E-state index is 0.0367. The lowest BCUT2D eigenvalue weighted by Crippen LogP contribution is -2.50. The van der Waals surface area contributed by atoms with Crippen molar-refractivity contribution in [2.24, 2.45) is 5.41 Å². The number of rotatable bonds is 8. The van der Waals surface area contributed by atoms with Gasteiger partial charge in [-0.2, -0.15) is 0 Å². The van der Waals surface area contributed by atoms with E-state index in [0.29, 0.717) is 0 Å². The summed E-state index contributed by atoms with van der Waals surface area (Å²) in [6.07, 6.45) is 0. The zero-order valence-corrected chi connectivity index (χ0v) is 17.0. The van der Waals surface area contributed by atoms with Gasteiger partial charge in [-0.25, -0.2) is 4.39 Å². The van der Waals surface area contributed by atoms with Gasteiger partial charge < -0.3 is 15.4 Å². The largest absolute Gasteiger partial charge is 0.488 e. The number of ether oxygens (including phenoxy) is 1. The van der Waals surface area contributed by atoms with Crippen molar-refractivity contribution in [3.05, 3.63) is 70.0 Å². The summed E-state index contributed by atoms with van der Waals surface area (Å²) in [6, 6.07) is 10.7. The highest BCUT2D eigenvalue weighted by Gasteiger charge is 2.27. The van der Waals surface area contributed by atoms with Crippen molar-refractivity contribution in [3.8, 4) is 5.75 Å². The number of hydrogen-bond donors (Lipinski definition) is 2. The molecule has 2 N–H and O–H groups in total. The van der Waals surface area contributed by atoms with Crippen LogP contribution in [0.15, 0.2) is 48.5 Å². The van der Waals surface area contributed by atoms with E-state index in [2.05, 4.69) is 10.6 Å². The first kappa shape index (κ1) is 22.8. The van der Waals surface area contributed by atoms with Crippen LogP contribution in [0.5, 0.6) is 5.75 Å². The van der Waals surface area contributed by atoms with E-state index < -0.39 is 34.0 Å². The Hall–Kier alpha value is -3.49. The van der Waals surface area contributed by atoms with Crippen molar-refractivity contribution in [1.82, 2.24) is 10.6 Å². The smallest absolute Gasteiger partial charge is 0.270 e. The topological polar surface area (TPSA) is 111 Å². The molecule has 0 fully saturated rings. The lowest BCUT2D eigenvalue weighted by atomic mass is 9.87. The highest BCUT2D eigenvalue weighted by Crippen LogP contribution is 2.22. The SMILES string of the molecule is CC(C)(C)C(COc1ccccc1F)NC(=O)CNC(=O)c1cccc([N+](=O)[O-])c1. The van der Waals surface area contributed by atoms with Gasteiger partial charge in [0.1, 0.15) is 6.61 Å². The Bertz CT molecular complexity index is 927. The van der Waals surface area contributed by atoms with Gasteiger partial charge in [0.05, 0.1) is 17.5 Å². The second-order valence-corrected chi connectivity index (χ2v) is 7.72. The highest BCUT2D eigenvalue weighted by molar-refractivity contribution is 5.97. The van der Waals surface area contributed by atoms with Crippen LogP contribution in [0.4, 0.5) is 10.1 Å². The first-order valence-corrected chi connectivity index (χ1v) is 9.27. The maximum absolute atomic E-state index is 13.7. The molecule has 0 aromatic heterocycles. The summed E-state index contributed by atoms with van der Waals surface area (Å²) in [7, 11) is 0. The Kier molecular flexibility index (Phi) is 7.46. The lowest BCUT2D eigenvalue weighted by Gasteiger charge is -2.31. The van der Waals surface area contributed by atoms with Gasteiger partial charge in [0.25, 0.3) is 11.6 Å². The summed E-state index contributed by atoms with van der Waals surface area (Å²) in [5.74, 6) is -1.49. The van der Waals surface area contributed by atoms with Crippen LogP contribution in [0.25, 0.3) is 0 Å². The van der Waals surface area contributed by atoms with Gasteiger partial charge in [0.15, 0.2) is 11.6 Å². The molecule has 0 spiro atoms. The molecule has 0 aliphatic heterocycles. The molecule has 2 rings (SSSR count). The molecule has 160 valence electrons. The molecule has 30 heavy (non-hydrogen) atoms. The fourth-order valence-corrected chi connectivity index (χ4v) is 2.51. The monoisotopic (exact) mass is 417 g/mol. The van der Waals surface area contributed by atoms with E-state index >= 15 is 0 Å². The van der Waals surface area contributed by atoms with Gasteiger partial charge in [0.2, 0.25) is 5.91 Å². The highest BCUT2D eigenvalue weighted by atomic mass is 19.1. The van der Waals surface area contributed by atoms with E-state index in [-0.39, 0.29) is 30.2 Å². The molecule has 0 aliphatic rings. The van der Waals surface area contributed by atoms with Crippen molar-refractivity contribution in [2.45, 2.75) is 26.8 Å². The zero-order valence-electron chi connectivity index (χ0n) is 17.0. The average Bonchev–Trinajstić information content (AvgIpc) is 2.69. The number of hydrogen-bond acceptors (Lipinski definition) is 5. The van der Waals surface area contributed by atoms with E-state index in [1.807, 2.05) is 20.8 Å². The van der Waals surface area contributed by atoms with Gasteiger partial charge >= 0.3 is 0 Å². The molecule has 1 atom stereocenters. The zero-order chi connectivity index (χ0) is 22.3. The van der Waals surface area contributed by atoms with Gasteiger partial charge in [-0.05, 0) is 23.6 Å². The number of amides is 2. The molecular weight excluding hydrogens is 393 g/mol. The summed E-state index contributed by atoms with van der Waals surface area (Å²) < 4.78 is 19.3. The van der Waals surface area contributed by atoms with Crippen molar-refractivity contribution in [1.29, 1.82) is 0 Å². The fraction of sp³-hybridized carbons (Fsp3) is 0.333. The number of non-ortho nitro benzene ring substituents is 1. The first-order chi connectivity index (χ1) is 14.1. The maximum atomic E-state index is 13.7. The number of nitrogens with zero attached hydrogens (tertiary/aromatic N) is 1. The van der Waals surface area contributed by atoms with Crippen molar-refractivity contribution in [2.75, 3.05) is 13.2 Å². The van der Waals surface area contributed by atoms with Gasteiger partial charge in [-0.15, -0.1) is 0 Å². The fourth-order valence-electron chi connectivity index (χ4n) is 2.51. The van der Waals surface area contributed by atoms with Crippen LogP contribution in [-0.2, 0) is 4.79 Å². The lowest BCUT2D eigenvalue weighted by molar-refractivity contribution is -0.384. The molecule has 9 heteroatoms. The number of carbonyl (C=O) groups is 2. The van der Waals surface area contributed by atoms with Crippen LogP contribution < -0.4 is 15.4 Å². The Balaban J connectivity index is 1.94. The number of halogens is 1. The molecule has 0 saturated carbocycles. The molecule has 2 aromatic rings. The molecule has 2 aromatic carbocycles. The third kappa shape index (κ3) is 6.54. The number of carbonyl (C=O) groups excluding carboxylic acids is 2. The van der Waals surface area contributed by atoms with E-state index in [9.17, 15) is 24.1 Å². The summed E-state index contributed by atoms with van der Waals surface area (Å²) in [5.41, 5.74) is -0.539. The van der Waals surface area contributed by atoms with E-state index in [4.69, 9.17) is 4.74 Å². The quantitative estimate of drug-likeness (QED) is 0.507. The molecule has 8 nitrogen and oxygen atoms in total. The standard InChI is InChI=1S/C21H24FN3O5/c1-21(2,3)18(13-30-17-10-5-4-9-16(17)22)24-19(26)12-23-20(27)14-7-6-8-15(11-14)25(28)29/h4-11,18H,12-13H2,1-3H3,(H,23,27)(H,24,26). The third-order valence-electron chi connectivity index (χ3n) is 4.35. The Morgan fingerprint density at radius 3 is 2.50 bits per heavy atom. The third-order valence-corrected chi connectivity index (χ3v) is 4.35. The van der Waals surface area contributed by atoms with Gasteiger partial charge in [-0.1, -0.05) is 39.0 Å². The van der Waals surface area contributed by atoms with E-state index in [0.717, 1.165) is 6.07 Å². The van der Waals surface area contributed by atoms with Crippen LogP contribution in [0.2, 0.25) is 0 Å². The van der Waals surface area contributed by atoms with E-state index in [1.54, 1.807) is 12.1 Å². The first-order valence-electron chi connectivity index (χ1n) is 9.27. The molecule has 0 bridgehead atoms. The molecule has 0 aliphatic carbocycles. The van der Waals surface area contributed by atoms with Crippen molar-refractivity contribution in [3.63, 3.8) is 0 Å². The molecule has 1 unspecified atom stereocenters. The number of nitro benzene ring substituents is 1. The minimum Gasteiger partial charge on any atom is -0.488 e. The van der Waals surface area contributed by atoms with E-state index in [1.165, 1.54) is 30.3 Å². The minimum atomic E-state index is -0.608. The average molecular weight is 417 g/mol. The molecule has 0 saturated heterocycles. The summed E-state index contributed by atoms with van der Waals surface area (Å²) in [4.78, 5) is 34.7. The summed E-state index contributed by atoms with van der Waals surface area (Å²) >= 11 is 0. The van der Waals surface area contributed by atoms with Crippen LogP contribution in [0.3, 0.4) is 0 Å². The molecule has 0 heterocycles. The summed E-state index contributed by atoms with van der Waals surface area (Å²) in [5, 5.41) is 16.0. The van der Waals surface area contributed by atoms with Crippen LogP contribution in [-0.4, -0.2) is 35.9 Å². The van der Waals surface area contributed by atoms with Gasteiger partial charge in [-0.3, -0.25) is 19.7 Å². The Morgan fingerprint density at radius 2 is 1.87 bits per heavy atom. The Labute approximate surface area is 173 Å². The normalized spacial score (nSPS) is 12.0. The van der Waals surface area contributed by atoms with Gasteiger partial charge in [0, 0.05) is 17.7 Å². The second-order valence-electron chi connectivity index (χ2n) is 7.72. The number of benzene rings is 2. The van der Waals surface area contributed by atoms with Crippen molar-refractivity contribution < 1.29 is 23.6 Å². The predicted molar refractivity (Wildman–Crippen MR) is 109 cm³/mol. The number of nitro groups is 1. The second kappa shape index (κ2) is 9.82. The summed E-state index contributed by atoms with van der Waals surface area (Å²) in [6.45, 7) is 5.39. The number of nitrogens with one attached hydrogen (secondary N) is 2. The van der Waals surface area contributed by atoms with Crippen LogP contribution in [0.1, 0.15) is 31.1 Å². The molecular formula is C21H24FN3O5. The number of para-hydroxylation sites is 1. The predicted octanol–water partition coefficient (Wildman–Crippen LogP) is 3.07. The Morgan fingerprint density at radius 1 is 1.17 bits per heavy atom. The van der Waals surface area contributed by atoms with Crippen molar-refractivity contribution >= 4 is 17.5 Å². The molecule has 2 amide bonds. The molecule has 0 radical (unpaired) electrons. The van der Waals surface area contributed by atoms with Crippen LogP contribution >= 0.6 is 0 Å². The van der Waals surface area contributed by atoms with Crippen LogP contribution in [0, 0.1) is 21.3 Å². The maximum Gasteiger partial charge on any atom is 0.270 e.